The number of carbonyl (C=O) groups is 1. The van der Waals surface area contributed by atoms with E-state index in [1.807, 2.05) is 22.2 Å². The minimum Gasteiger partial charge on any atom is -0.487 e. The third kappa shape index (κ3) is 2.35. The number of nitrogens with zero attached hydrogens (tertiary/aromatic N) is 2. The molecule has 0 atom stereocenters. The van der Waals surface area contributed by atoms with Crippen molar-refractivity contribution in [3.05, 3.63) is 53.0 Å². The number of rotatable bonds is 4. The lowest BCUT2D eigenvalue weighted by Crippen LogP contribution is -2.02. The molecular formula is C13H9FN2O3S. The van der Waals surface area contributed by atoms with E-state index in [0.29, 0.717) is 0 Å². The van der Waals surface area contributed by atoms with Crippen molar-refractivity contribution in [3.63, 3.8) is 0 Å². The normalized spacial score (nSPS) is 10.8. The van der Waals surface area contributed by atoms with Gasteiger partial charge in [-0.15, -0.1) is 11.3 Å². The van der Waals surface area contributed by atoms with Crippen LogP contribution in [-0.2, 0) is 6.61 Å². The zero-order valence-electron chi connectivity index (χ0n) is 10.1. The second-order valence-corrected chi connectivity index (χ2v) is 4.93. The molecule has 0 amide bonds. The van der Waals surface area contributed by atoms with Crippen LogP contribution in [0.3, 0.4) is 0 Å². The summed E-state index contributed by atoms with van der Waals surface area (Å²) < 4.78 is 20.7. The molecule has 0 unspecified atom stereocenters. The Bertz CT molecular complexity index is 752. The average Bonchev–Trinajstić information content (AvgIpc) is 2.96. The first-order chi connectivity index (χ1) is 9.63. The zero-order valence-corrected chi connectivity index (χ0v) is 10.9. The van der Waals surface area contributed by atoms with Gasteiger partial charge in [0.15, 0.2) is 4.96 Å². The fourth-order valence-electron chi connectivity index (χ4n) is 1.76. The van der Waals surface area contributed by atoms with Gasteiger partial charge in [-0.25, -0.2) is 14.2 Å². The van der Waals surface area contributed by atoms with E-state index in [0.717, 1.165) is 16.7 Å². The van der Waals surface area contributed by atoms with E-state index in [1.54, 1.807) is 0 Å². The van der Waals surface area contributed by atoms with Crippen molar-refractivity contribution in [3.8, 4) is 5.75 Å². The van der Waals surface area contributed by atoms with Gasteiger partial charge in [0.25, 0.3) is 0 Å². The highest BCUT2D eigenvalue weighted by molar-refractivity contribution is 7.15. The molecule has 0 bridgehead atoms. The van der Waals surface area contributed by atoms with Gasteiger partial charge in [-0.05, 0) is 12.1 Å². The maximum absolute atomic E-state index is 13.5. The van der Waals surface area contributed by atoms with Crippen molar-refractivity contribution in [2.24, 2.45) is 0 Å². The Balaban J connectivity index is 1.73. The SMILES string of the molecule is O=C(O)c1ccc(OCc2cn3ccsc3n2)cc1F. The van der Waals surface area contributed by atoms with Crippen molar-refractivity contribution < 1.29 is 19.0 Å². The van der Waals surface area contributed by atoms with Crippen LogP contribution in [0.25, 0.3) is 4.96 Å². The molecule has 102 valence electrons. The lowest BCUT2D eigenvalue weighted by Gasteiger charge is -2.05. The van der Waals surface area contributed by atoms with Gasteiger partial charge in [-0.2, -0.15) is 0 Å². The molecule has 1 aromatic carbocycles. The van der Waals surface area contributed by atoms with E-state index in [2.05, 4.69) is 4.98 Å². The number of aromatic carboxylic acids is 1. The van der Waals surface area contributed by atoms with Gasteiger partial charge in [-0.3, -0.25) is 4.40 Å². The van der Waals surface area contributed by atoms with E-state index >= 15 is 0 Å². The standard InChI is InChI=1S/C13H9FN2O3S/c14-11-5-9(1-2-10(11)12(17)18)19-7-8-6-16-3-4-20-13(16)15-8/h1-6H,7H2,(H,17,18). The van der Waals surface area contributed by atoms with Crippen LogP contribution in [0, 0.1) is 5.82 Å². The van der Waals surface area contributed by atoms with Crippen molar-refractivity contribution >= 4 is 22.3 Å². The van der Waals surface area contributed by atoms with Crippen LogP contribution >= 0.6 is 11.3 Å². The average molecular weight is 292 g/mol. The van der Waals surface area contributed by atoms with Crippen LogP contribution in [-0.4, -0.2) is 20.5 Å². The van der Waals surface area contributed by atoms with Crippen LogP contribution in [0.15, 0.2) is 36.0 Å². The van der Waals surface area contributed by atoms with E-state index in [1.165, 1.54) is 23.5 Å². The van der Waals surface area contributed by atoms with Crippen LogP contribution in [0.2, 0.25) is 0 Å². The number of ether oxygens (including phenoxy) is 1. The fraction of sp³-hybridized carbons (Fsp3) is 0.0769. The first kappa shape index (κ1) is 12.6. The van der Waals surface area contributed by atoms with Crippen LogP contribution in [0.4, 0.5) is 4.39 Å². The monoisotopic (exact) mass is 292 g/mol. The number of hydrogen-bond acceptors (Lipinski definition) is 4. The number of carboxylic acid groups (broad SMARTS) is 1. The molecule has 0 aliphatic heterocycles. The van der Waals surface area contributed by atoms with Gasteiger partial charge in [0, 0.05) is 23.8 Å². The van der Waals surface area contributed by atoms with Crippen LogP contribution in [0.5, 0.6) is 5.75 Å². The number of fused-ring (bicyclic) bond motifs is 1. The van der Waals surface area contributed by atoms with E-state index in [4.69, 9.17) is 9.84 Å². The number of halogens is 1. The summed E-state index contributed by atoms with van der Waals surface area (Å²) in [5.41, 5.74) is 0.347. The third-order valence-corrected chi connectivity index (χ3v) is 3.47. The second kappa shape index (κ2) is 4.93. The van der Waals surface area contributed by atoms with Crippen molar-refractivity contribution in [1.29, 1.82) is 0 Å². The molecule has 0 saturated heterocycles. The van der Waals surface area contributed by atoms with Gasteiger partial charge in [0.1, 0.15) is 18.2 Å². The van der Waals surface area contributed by atoms with Gasteiger partial charge >= 0.3 is 5.97 Å². The summed E-state index contributed by atoms with van der Waals surface area (Å²) in [4.78, 5) is 15.9. The van der Waals surface area contributed by atoms with Gasteiger partial charge in [0.2, 0.25) is 0 Å². The summed E-state index contributed by atoms with van der Waals surface area (Å²) >= 11 is 1.51. The van der Waals surface area contributed by atoms with Crippen LogP contribution < -0.4 is 4.74 Å². The number of thiazole rings is 1. The Morgan fingerprint density at radius 1 is 1.50 bits per heavy atom. The minimum atomic E-state index is -1.30. The summed E-state index contributed by atoms with van der Waals surface area (Å²) in [5, 5.41) is 10.7. The highest BCUT2D eigenvalue weighted by Crippen LogP contribution is 2.18. The van der Waals surface area contributed by atoms with Crippen LogP contribution in [0.1, 0.15) is 16.1 Å². The summed E-state index contributed by atoms with van der Waals surface area (Å²) in [6, 6.07) is 3.66. The molecule has 0 aliphatic carbocycles. The molecule has 0 radical (unpaired) electrons. The first-order valence-electron chi connectivity index (χ1n) is 5.70. The van der Waals surface area contributed by atoms with Crippen molar-refractivity contribution in [2.75, 3.05) is 0 Å². The zero-order chi connectivity index (χ0) is 14.1. The number of imidazole rings is 1. The lowest BCUT2D eigenvalue weighted by molar-refractivity contribution is 0.0692. The molecule has 5 nitrogen and oxygen atoms in total. The third-order valence-electron chi connectivity index (χ3n) is 2.70. The van der Waals surface area contributed by atoms with E-state index in [-0.39, 0.29) is 17.9 Å². The highest BCUT2D eigenvalue weighted by atomic mass is 32.1. The number of carboxylic acids is 1. The number of hydrogen-bond donors (Lipinski definition) is 1. The molecule has 2 aromatic heterocycles. The second-order valence-electron chi connectivity index (χ2n) is 4.06. The topological polar surface area (TPSA) is 63.8 Å². The van der Waals surface area contributed by atoms with E-state index in [9.17, 15) is 9.18 Å². The summed E-state index contributed by atoms with van der Waals surface area (Å²) in [6.45, 7) is 0.195. The highest BCUT2D eigenvalue weighted by Gasteiger charge is 2.11. The molecule has 1 N–H and O–H groups in total. The molecule has 20 heavy (non-hydrogen) atoms. The Kier molecular flexibility index (Phi) is 3.11. The molecule has 0 fully saturated rings. The molecule has 0 saturated carbocycles. The van der Waals surface area contributed by atoms with Gasteiger partial charge < -0.3 is 9.84 Å². The van der Waals surface area contributed by atoms with E-state index < -0.39 is 11.8 Å². The Labute approximate surface area is 116 Å². The van der Waals surface area contributed by atoms with Crippen molar-refractivity contribution in [2.45, 2.75) is 6.61 Å². The minimum absolute atomic E-state index is 0.195. The predicted octanol–water partition coefficient (Wildman–Crippen LogP) is 2.81. The maximum atomic E-state index is 13.5. The molecule has 3 aromatic rings. The smallest absolute Gasteiger partial charge is 0.338 e. The Morgan fingerprint density at radius 2 is 2.35 bits per heavy atom. The Hall–Kier alpha value is -2.41. The largest absolute Gasteiger partial charge is 0.487 e. The first-order valence-corrected chi connectivity index (χ1v) is 6.58. The van der Waals surface area contributed by atoms with Gasteiger partial charge in [0.05, 0.1) is 11.3 Å². The summed E-state index contributed by atoms with van der Waals surface area (Å²) in [6.07, 6.45) is 3.71. The molecular weight excluding hydrogens is 283 g/mol. The van der Waals surface area contributed by atoms with Gasteiger partial charge in [-0.1, -0.05) is 0 Å². The summed E-state index contributed by atoms with van der Waals surface area (Å²) in [7, 11) is 0. The molecule has 7 heteroatoms. The Morgan fingerprint density at radius 3 is 3.05 bits per heavy atom. The fourth-order valence-corrected chi connectivity index (χ4v) is 2.48. The predicted molar refractivity (Wildman–Crippen MR) is 70.8 cm³/mol. The number of benzene rings is 1. The molecule has 0 aliphatic rings. The molecule has 2 heterocycles. The summed E-state index contributed by atoms with van der Waals surface area (Å²) in [5.74, 6) is -1.85. The quantitative estimate of drug-likeness (QED) is 0.803. The molecule has 3 rings (SSSR count). The number of aromatic nitrogens is 2. The molecule has 0 spiro atoms. The lowest BCUT2D eigenvalue weighted by atomic mass is 10.2. The maximum Gasteiger partial charge on any atom is 0.338 e. The van der Waals surface area contributed by atoms with Crippen molar-refractivity contribution in [1.82, 2.24) is 9.38 Å².